The van der Waals surface area contributed by atoms with Crippen LogP contribution in [0.3, 0.4) is 0 Å². The van der Waals surface area contributed by atoms with E-state index in [0.29, 0.717) is 6.54 Å². The molecule has 8 nitrogen and oxygen atoms in total. The number of aliphatic hydroxyl groups is 1. The molecular weight excluding hydrogens is 254 g/mol. The molecule has 0 saturated carbocycles. The summed E-state index contributed by atoms with van der Waals surface area (Å²) < 4.78 is 0. The lowest BCUT2D eigenvalue weighted by molar-refractivity contribution is -0.139. The first kappa shape index (κ1) is 17.2. The van der Waals surface area contributed by atoms with Crippen molar-refractivity contribution in [3.8, 4) is 0 Å². The molecule has 0 heterocycles. The predicted molar refractivity (Wildman–Crippen MR) is 67.6 cm³/mol. The van der Waals surface area contributed by atoms with Crippen molar-refractivity contribution in [3.05, 3.63) is 0 Å². The van der Waals surface area contributed by atoms with Gasteiger partial charge >= 0.3 is 12.0 Å². The van der Waals surface area contributed by atoms with Crippen molar-refractivity contribution in [1.29, 1.82) is 0 Å². The van der Waals surface area contributed by atoms with Gasteiger partial charge in [0.15, 0.2) is 0 Å². The zero-order valence-electron chi connectivity index (χ0n) is 11.1. The second kappa shape index (κ2) is 9.15. The molecular formula is C11H21N3O5. The monoisotopic (exact) mass is 275 g/mol. The van der Waals surface area contributed by atoms with Crippen LogP contribution in [0, 0.1) is 0 Å². The number of urea groups is 1. The summed E-state index contributed by atoms with van der Waals surface area (Å²) in [6.07, 6.45) is 0.682. The van der Waals surface area contributed by atoms with E-state index in [-0.39, 0.29) is 18.9 Å². The molecule has 0 aromatic heterocycles. The number of aliphatic carboxylic acids is 1. The van der Waals surface area contributed by atoms with Gasteiger partial charge in [0.1, 0.15) is 12.1 Å². The summed E-state index contributed by atoms with van der Waals surface area (Å²) in [5.74, 6) is -1.58. The zero-order valence-corrected chi connectivity index (χ0v) is 11.1. The van der Waals surface area contributed by atoms with Crippen LogP contribution >= 0.6 is 0 Å². The van der Waals surface area contributed by atoms with E-state index in [9.17, 15) is 14.4 Å². The SMILES string of the molecule is CCCNC(=O)C(C)NC(=O)N[C@@H](CCO)C(=O)O. The second-order valence-corrected chi connectivity index (χ2v) is 4.03. The van der Waals surface area contributed by atoms with Crippen LogP contribution in [-0.4, -0.2) is 53.4 Å². The number of nitrogens with one attached hydrogen (secondary N) is 3. The standard InChI is InChI=1S/C11H21N3O5/c1-3-5-12-9(16)7(2)13-11(19)14-8(4-6-15)10(17)18/h7-8,15H,3-6H2,1-2H3,(H,12,16)(H,17,18)(H2,13,14,19)/t7?,8-/m0/s1. The molecule has 0 saturated heterocycles. The zero-order chi connectivity index (χ0) is 14.8. The van der Waals surface area contributed by atoms with Crippen molar-refractivity contribution in [2.45, 2.75) is 38.8 Å². The molecule has 2 atom stereocenters. The van der Waals surface area contributed by atoms with Gasteiger partial charge in [0.05, 0.1) is 0 Å². The van der Waals surface area contributed by atoms with Crippen molar-refractivity contribution in [3.63, 3.8) is 0 Å². The van der Waals surface area contributed by atoms with Gasteiger partial charge in [0.25, 0.3) is 0 Å². The van der Waals surface area contributed by atoms with Gasteiger partial charge in [0, 0.05) is 19.6 Å². The molecule has 0 fully saturated rings. The lowest BCUT2D eigenvalue weighted by Gasteiger charge is -2.17. The van der Waals surface area contributed by atoms with Gasteiger partial charge in [0.2, 0.25) is 5.91 Å². The summed E-state index contributed by atoms with van der Waals surface area (Å²) in [5, 5.41) is 24.5. The molecule has 19 heavy (non-hydrogen) atoms. The maximum absolute atomic E-state index is 11.5. The molecule has 0 radical (unpaired) electrons. The molecule has 0 aliphatic carbocycles. The molecule has 110 valence electrons. The molecule has 0 aliphatic heterocycles. The molecule has 0 bridgehead atoms. The third-order valence-electron chi connectivity index (χ3n) is 2.31. The molecule has 5 N–H and O–H groups in total. The van der Waals surface area contributed by atoms with Gasteiger partial charge in [-0.2, -0.15) is 0 Å². The van der Waals surface area contributed by atoms with E-state index < -0.39 is 24.1 Å². The Kier molecular flexibility index (Phi) is 8.27. The van der Waals surface area contributed by atoms with Crippen molar-refractivity contribution in [2.24, 2.45) is 0 Å². The summed E-state index contributed by atoms with van der Waals surface area (Å²) in [6, 6.07) is -2.72. The highest BCUT2D eigenvalue weighted by molar-refractivity contribution is 5.88. The van der Waals surface area contributed by atoms with Gasteiger partial charge in [-0.15, -0.1) is 0 Å². The predicted octanol–water partition coefficient (Wildman–Crippen LogP) is -0.964. The number of hydrogen-bond acceptors (Lipinski definition) is 4. The number of carbonyl (C=O) groups is 3. The highest BCUT2D eigenvalue weighted by Crippen LogP contribution is 1.92. The first-order valence-electron chi connectivity index (χ1n) is 6.10. The van der Waals surface area contributed by atoms with Crippen LogP contribution in [0.25, 0.3) is 0 Å². The molecule has 3 amide bonds. The summed E-state index contributed by atoms with van der Waals surface area (Å²) >= 11 is 0. The van der Waals surface area contributed by atoms with Crippen molar-refractivity contribution < 1.29 is 24.6 Å². The Morgan fingerprint density at radius 1 is 1.21 bits per heavy atom. The van der Waals surface area contributed by atoms with Crippen molar-refractivity contribution >= 4 is 17.9 Å². The molecule has 0 rings (SSSR count). The average Bonchev–Trinajstić information content (AvgIpc) is 2.34. The number of carboxylic acids is 1. The van der Waals surface area contributed by atoms with E-state index in [1.165, 1.54) is 6.92 Å². The first-order valence-corrected chi connectivity index (χ1v) is 6.10. The summed E-state index contributed by atoms with van der Waals surface area (Å²) in [6.45, 7) is 3.54. The van der Waals surface area contributed by atoms with Gasteiger partial charge in [-0.25, -0.2) is 9.59 Å². The van der Waals surface area contributed by atoms with Crippen LogP contribution in [0.15, 0.2) is 0 Å². The molecule has 0 spiro atoms. The highest BCUT2D eigenvalue weighted by atomic mass is 16.4. The fraction of sp³-hybridized carbons (Fsp3) is 0.727. The molecule has 8 heteroatoms. The van der Waals surface area contributed by atoms with Crippen LogP contribution in [0.5, 0.6) is 0 Å². The number of amides is 3. The van der Waals surface area contributed by atoms with E-state index in [0.717, 1.165) is 6.42 Å². The molecule has 0 aromatic rings. The topological polar surface area (TPSA) is 128 Å². The molecule has 1 unspecified atom stereocenters. The Bertz CT molecular complexity index is 321. The number of rotatable bonds is 8. The summed E-state index contributed by atoms with van der Waals surface area (Å²) in [7, 11) is 0. The summed E-state index contributed by atoms with van der Waals surface area (Å²) in [5.41, 5.74) is 0. The third kappa shape index (κ3) is 7.24. The Hall–Kier alpha value is -1.83. The maximum atomic E-state index is 11.5. The largest absolute Gasteiger partial charge is 0.480 e. The number of carboxylic acid groups (broad SMARTS) is 1. The number of aliphatic hydroxyl groups excluding tert-OH is 1. The Labute approximate surface area is 111 Å². The Morgan fingerprint density at radius 3 is 2.32 bits per heavy atom. The van der Waals surface area contributed by atoms with Gasteiger partial charge in [-0.1, -0.05) is 6.92 Å². The fourth-order valence-electron chi connectivity index (χ4n) is 1.25. The van der Waals surface area contributed by atoms with E-state index in [4.69, 9.17) is 10.2 Å². The Balaban J connectivity index is 4.21. The smallest absolute Gasteiger partial charge is 0.326 e. The normalized spacial score (nSPS) is 13.2. The number of hydrogen-bond donors (Lipinski definition) is 5. The third-order valence-corrected chi connectivity index (χ3v) is 2.31. The minimum absolute atomic E-state index is 0.0981. The lowest BCUT2D eigenvalue weighted by Crippen LogP contribution is -2.52. The lowest BCUT2D eigenvalue weighted by atomic mass is 10.2. The van der Waals surface area contributed by atoms with Gasteiger partial charge in [-0.3, -0.25) is 4.79 Å². The quantitative estimate of drug-likeness (QED) is 0.389. The summed E-state index contributed by atoms with van der Waals surface area (Å²) in [4.78, 5) is 33.7. The van der Waals surface area contributed by atoms with Gasteiger partial charge in [-0.05, 0) is 13.3 Å². The van der Waals surface area contributed by atoms with Crippen LogP contribution in [0.1, 0.15) is 26.7 Å². The van der Waals surface area contributed by atoms with Crippen molar-refractivity contribution in [1.82, 2.24) is 16.0 Å². The van der Waals surface area contributed by atoms with Crippen LogP contribution < -0.4 is 16.0 Å². The fourth-order valence-corrected chi connectivity index (χ4v) is 1.25. The van der Waals surface area contributed by atoms with Gasteiger partial charge < -0.3 is 26.2 Å². The maximum Gasteiger partial charge on any atom is 0.326 e. The average molecular weight is 275 g/mol. The van der Waals surface area contributed by atoms with Crippen molar-refractivity contribution in [2.75, 3.05) is 13.2 Å². The van der Waals surface area contributed by atoms with E-state index in [1.807, 2.05) is 6.92 Å². The highest BCUT2D eigenvalue weighted by Gasteiger charge is 2.21. The minimum atomic E-state index is -1.24. The Morgan fingerprint density at radius 2 is 1.84 bits per heavy atom. The van der Waals surface area contributed by atoms with Crippen LogP contribution in [-0.2, 0) is 9.59 Å². The van der Waals surface area contributed by atoms with E-state index in [1.54, 1.807) is 0 Å². The van der Waals surface area contributed by atoms with Crippen LogP contribution in [0.2, 0.25) is 0 Å². The van der Waals surface area contributed by atoms with E-state index in [2.05, 4.69) is 16.0 Å². The second-order valence-electron chi connectivity index (χ2n) is 4.03. The molecule has 0 aromatic carbocycles. The number of carbonyl (C=O) groups excluding carboxylic acids is 2. The first-order chi connectivity index (χ1) is 8.92. The molecule has 0 aliphatic rings. The van der Waals surface area contributed by atoms with Crippen LogP contribution in [0.4, 0.5) is 4.79 Å². The van der Waals surface area contributed by atoms with E-state index >= 15 is 0 Å². The minimum Gasteiger partial charge on any atom is -0.480 e.